The highest BCUT2D eigenvalue weighted by molar-refractivity contribution is 6.30. The summed E-state index contributed by atoms with van der Waals surface area (Å²) in [6.45, 7) is 3.42. The first-order valence-electron chi connectivity index (χ1n) is 7.64. The topological polar surface area (TPSA) is 87.0 Å². The molecule has 0 aliphatic rings. The molecule has 0 spiro atoms. The number of azo groups is 1. The Morgan fingerprint density at radius 1 is 1.28 bits per heavy atom. The molecule has 1 atom stereocenters. The van der Waals surface area contributed by atoms with Gasteiger partial charge in [0.25, 0.3) is 0 Å². The quantitative estimate of drug-likeness (QED) is 0.650. The first kappa shape index (κ1) is 17.0. The van der Waals surface area contributed by atoms with E-state index in [4.69, 9.17) is 16.3 Å². The average molecular weight is 358 g/mol. The van der Waals surface area contributed by atoms with Crippen LogP contribution in [0, 0.1) is 6.92 Å². The molecule has 1 aromatic heterocycles. The zero-order valence-corrected chi connectivity index (χ0v) is 14.4. The molecule has 0 saturated carbocycles. The molecular formula is C18H16ClN3O3. The van der Waals surface area contributed by atoms with Gasteiger partial charge in [-0.15, -0.1) is 10.2 Å². The van der Waals surface area contributed by atoms with Crippen molar-refractivity contribution in [2.75, 3.05) is 0 Å². The third-order valence-corrected chi connectivity index (χ3v) is 3.93. The molecule has 3 aromatic rings. The van der Waals surface area contributed by atoms with Crippen LogP contribution in [0.4, 0.5) is 5.69 Å². The highest BCUT2D eigenvalue weighted by atomic mass is 35.5. The van der Waals surface area contributed by atoms with Crippen LogP contribution in [0.2, 0.25) is 5.02 Å². The summed E-state index contributed by atoms with van der Waals surface area (Å²) in [6.07, 6.45) is -0.823. The molecule has 3 rings (SSSR count). The number of nitrogens with zero attached hydrogens (tertiary/aromatic N) is 2. The molecule has 25 heavy (non-hydrogen) atoms. The van der Waals surface area contributed by atoms with Crippen molar-refractivity contribution in [1.82, 2.24) is 4.98 Å². The molecule has 0 aliphatic carbocycles. The van der Waals surface area contributed by atoms with Gasteiger partial charge in [0.15, 0.2) is 11.8 Å². The summed E-state index contributed by atoms with van der Waals surface area (Å²) in [7, 11) is 0. The minimum absolute atomic E-state index is 0.139. The summed E-state index contributed by atoms with van der Waals surface area (Å²) in [6, 6.07) is 12.3. The number of hydrogen-bond acceptors (Lipinski definition) is 4. The van der Waals surface area contributed by atoms with Gasteiger partial charge in [0.1, 0.15) is 5.75 Å². The van der Waals surface area contributed by atoms with Crippen LogP contribution < -0.4 is 4.74 Å². The van der Waals surface area contributed by atoms with Gasteiger partial charge in [-0.05, 0) is 43.7 Å². The maximum atomic E-state index is 12.2. The molecule has 0 fully saturated rings. The first-order chi connectivity index (χ1) is 12.0. The van der Waals surface area contributed by atoms with E-state index in [1.54, 1.807) is 37.3 Å². The number of hydrogen-bond donors (Lipinski definition) is 2. The highest BCUT2D eigenvalue weighted by Gasteiger charge is 2.17. The molecule has 1 unspecified atom stereocenters. The first-order valence-corrected chi connectivity index (χ1v) is 8.01. The maximum Gasteiger partial charge on any atom is 0.304 e. The Labute approximate surface area is 149 Å². The number of rotatable bonds is 4. The molecule has 0 radical (unpaired) electrons. The second-order valence-corrected chi connectivity index (χ2v) is 6.01. The molecule has 0 saturated heterocycles. The Morgan fingerprint density at radius 3 is 2.80 bits per heavy atom. The van der Waals surface area contributed by atoms with Crippen LogP contribution in [0.5, 0.6) is 11.6 Å². The Balaban J connectivity index is 1.76. The van der Waals surface area contributed by atoms with E-state index in [9.17, 15) is 9.90 Å². The van der Waals surface area contributed by atoms with E-state index in [1.165, 1.54) is 0 Å². The number of halogens is 1. The van der Waals surface area contributed by atoms with Crippen molar-refractivity contribution < 1.29 is 14.6 Å². The summed E-state index contributed by atoms with van der Waals surface area (Å²) >= 11 is 5.90. The van der Waals surface area contributed by atoms with E-state index < -0.39 is 12.0 Å². The van der Waals surface area contributed by atoms with Gasteiger partial charge in [0.2, 0.25) is 5.88 Å². The predicted octanol–water partition coefficient (Wildman–Crippen LogP) is 4.91. The predicted molar refractivity (Wildman–Crippen MR) is 95.8 cm³/mol. The number of H-pyrrole nitrogens is 1. The largest absolute Gasteiger partial charge is 0.493 e. The minimum atomic E-state index is -0.823. The third-order valence-electron chi connectivity index (χ3n) is 3.70. The Morgan fingerprint density at radius 2 is 2.04 bits per heavy atom. The highest BCUT2D eigenvalue weighted by Crippen LogP contribution is 2.35. The smallest absolute Gasteiger partial charge is 0.304 e. The lowest BCUT2D eigenvalue weighted by Crippen LogP contribution is -2.21. The lowest BCUT2D eigenvalue weighted by molar-refractivity contribution is -0.124. The van der Waals surface area contributed by atoms with Crippen LogP contribution in [0.25, 0.3) is 10.9 Å². The molecule has 6 nitrogen and oxygen atoms in total. The number of carbonyl (C=O) groups is 1. The fourth-order valence-electron chi connectivity index (χ4n) is 2.38. The fourth-order valence-corrected chi connectivity index (χ4v) is 2.61. The zero-order valence-electron chi connectivity index (χ0n) is 13.7. The van der Waals surface area contributed by atoms with Crippen molar-refractivity contribution >= 4 is 34.1 Å². The number of aromatic nitrogens is 1. The third kappa shape index (κ3) is 3.64. The summed E-state index contributed by atoms with van der Waals surface area (Å²) in [5, 5.41) is 18.8. The second kappa shape index (κ2) is 6.94. The van der Waals surface area contributed by atoms with Crippen LogP contribution in [0.3, 0.4) is 0 Å². The number of fused-ring (bicyclic) bond motifs is 1. The lowest BCUT2D eigenvalue weighted by atomic mass is 10.2. The monoisotopic (exact) mass is 357 g/mol. The number of ether oxygens (including phenoxy) is 1. The van der Waals surface area contributed by atoms with Gasteiger partial charge >= 0.3 is 5.91 Å². The number of aryl methyl sites for hydroxylation is 1. The molecule has 2 aromatic carbocycles. The molecule has 1 heterocycles. The van der Waals surface area contributed by atoms with Crippen molar-refractivity contribution in [1.29, 1.82) is 0 Å². The average Bonchev–Trinajstić information content (AvgIpc) is 2.90. The van der Waals surface area contributed by atoms with Gasteiger partial charge in [-0.25, -0.2) is 0 Å². The Bertz CT molecular complexity index is 965. The van der Waals surface area contributed by atoms with Crippen molar-refractivity contribution in [3.63, 3.8) is 0 Å². The van der Waals surface area contributed by atoms with E-state index in [0.29, 0.717) is 21.7 Å². The van der Waals surface area contributed by atoms with Crippen molar-refractivity contribution in [3.8, 4) is 11.6 Å². The summed E-state index contributed by atoms with van der Waals surface area (Å²) in [4.78, 5) is 14.9. The van der Waals surface area contributed by atoms with Crippen molar-refractivity contribution in [2.45, 2.75) is 20.0 Å². The van der Waals surface area contributed by atoms with Crippen LogP contribution in [-0.2, 0) is 4.79 Å². The fraction of sp³-hybridized carbons (Fsp3) is 0.167. The maximum absolute atomic E-state index is 12.2. The Hall–Kier alpha value is -2.86. The Kier molecular flexibility index (Phi) is 4.72. The van der Waals surface area contributed by atoms with Crippen LogP contribution in [0.1, 0.15) is 12.5 Å². The molecule has 0 aliphatic heterocycles. The number of aromatic hydroxyl groups is 1. The number of amides is 1. The number of aromatic amines is 1. The summed E-state index contributed by atoms with van der Waals surface area (Å²) in [5.74, 6) is -0.144. The number of para-hydroxylation sites is 1. The number of benzene rings is 2. The van der Waals surface area contributed by atoms with E-state index in [0.717, 1.165) is 5.56 Å². The van der Waals surface area contributed by atoms with Gasteiger partial charge in [0.05, 0.1) is 5.52 Å². The zero-order chi connectivity index (χ0) is 18.0. The van der Waals surface area contributed by atoms with Crippen LogP contribution in [0.15, 0.2) is 52.7 Å². The van der Waals surface area contributed by atoms with Gasteiger partial charge in [-0.2, -0.15) is 0 Å². The molecule has 128 valence electrons. The molecule has 1 amide bonds. The van der Waals surface area contributed by atoms with E-state index >= 15 is 0 Å². The normalized spacial score (nSPS) is 12.6. The number of carbonyl (C=O) groups excluding carboxylic acids is 1. The van der Waals surface area contributed by atoms with Crippen LogP contribution in [-0.4, -0.2) is 22.1 Å². The lowest BCUT2D eigenvalue weighted by Gasteiger charge is -2.13. The summed E-state index contributed by atoms with van der Waals surface area (Å²) in [5.41, 5.74) is 1.75. The van der Waals surface area contributed by atoms with Crippen molar-refractivity contribution in [3.05, 3.63) is 53.1 Å². The standard InChI is InChI=1S/C18H16ClN3O3/c1-10-9-12(19)7-8-15(10)25-11(2)17(23)22-21-16-13-5-3-4-6-14(13)20-18(16)24/h3-9,11,20,24H,1-2H3. The van der Waals surface area contributed by atoms with Crippen molar-refractivity contribution in [2.24, 2.45) is 10.2 Å². The molecule has 2 N–H and O–H groups in total. The van der Waals surface area contributed by atoms with Gasteiger partial charge in [0, 0.05) is 10.4 Å². The summed E-state index contributed by atoms with van der Waals surface area (Å²) < 4.78 is 5.62. The van der Waals surface area contributed by atoms with Crippen LogP contribution >= 0.6 is 11.6 Å². The SMILES string of the molecule is Cc1cc(Cl)ccc1OC(C)C(=O)N=Nc1c(O)[nH]c2ccccc12. The van der Waals surface area contributed by atoms with Gasteiger partial charge < -0.3 is 14.8 Å². The second-order valence-electron chi connectivity index (χ2n) is 5.58. The van der Waals surface area contributed by atoms with E-state index in [1.807, 2.05) is 19.1 Å². The van der Waals surface area contributed by atoms with E-state index in [2.05, 4.69) is 15.2 Å². The van der Waals surface area contributed by atoms with Gasteiger partial charge in [-0.3, -0.25) is 4.79 Å². The van der Waals surface area contributed by atoms with Gasteiger partial charge in [-0.1, -0.05) is 29.8 Å². The van der Waals surface area contributed by atoms with E-state index in [-0.39, 0.29) is 11.6 Å². The minimum Gasteiger partial charge on any atom is -0.493 e. The molecular weight excluding hydrogens is 342 g/mol. The number of nitrogens with one attached hydrogen (secondary N) is 1. The molecule has 0 bridgehead atoms. The molecule has 7 heteroatoms.